The number of H-pyrrole nitrogens is 2. The fourth-order valence-corrected chi connectivity index (χ4v) is 1.39. The van der Waals surface area contributed by atoms with E-state index < -0.39 is 0 Å². The Morgan fingerprint density at radius 2 is 2.15 bits per heavy atom. The van der Waals surface area contributed by atoms with Crippen LogP contribution in [0.3, 0.4) is 0 Å². The second kappa shape index (κ2) is 2.73. The lowest BCUT2D eigenvalue weighted by Gasteiger charge is -1.98. The van der Waals surface area contributed by atoms with Gasteiger partial charge >= 0.3 is 0 Å². The molecule has 2 rings (SSSR count). The maximum Gasteiger partial charge on any atom is 0.249 e. The van der Waals surface area contributed by atoms with Gasteiger partial charge in [-0.25, -0.2) is 0 Å². The van der Waals surface area contributed by atoms with E-state index in [1.807, 2.05) is 0 Å². The Morgan fingerprint density at radius 1 is 1.38 bits per heavy atom. The number of nitrogens with one attached hydrogen (secondary N) is 2. The van der Waals surface area contributed by atoms with Crippen LogP contribution in [0.2, 0.25) is 0 Å². The van der Waals surface area contributed by atoms with Crippen molar-refractivity contribution in [1.29, 1.82) is 0 Å². The summed E-state index contributed by atoms with van der Waals surface area (Å²) in [6.07, 6.45) is 0. The smallest absolute Gasteiger partial charge is 0.249 e. The van der Waals surface area contributed by atoms with Crippen molar-refractivity contribution in [1.82, 2.24) is 15.2 Å². The molecule has 2 heterocycles. The predicted molar refractivity (Wildman–Crippen MR) is 50.8 cm³/mol. The Labute approximate surface area is 75.0 Å². The highest BCUT2D eigenvalue weighted by molar-refractivity contribution is 5.77. The van der Waals surface area contributed by atoms with Gasteiger partial charge in [-0.1, -0.05) is 13.8 Å². The monoisotopic (exact) mass is 177 g/mol. The Balaban J connectivity index is 2.76. The maximum atomic E-state index is 11.0. The summed E-state index contributed by atoms with van der Waals surface area (Å²) >= 11 is 0. The van der Waals surface area contributed by atoms with Crippen molar-refractivity contribution >= 4 is 11.0 Å². The highest BCUT2D eigenvalue weighted by Crippen LogP contribution is 2.19. The van der Waals surface area contributed by atoms with E-state index in [1.165, 1.54) is 6.07 Å². The highest BCUT2D eigenvalue weighted by Gasteiger charge is 2.08. The van der Waals surface area contributed by atoms with Gasteiger partial charge in [0.1, 0.15) is 5.65 Å². The highest BCUT2D eigenvalue weighted by atomic mass is 16.1. The number of aromatic amines is 2. The first-order valence-corrected chi connectivity index (χ1v) is 4.26. The molecule has 0 saturated carbocycles. The zero-order valence-corrected chi connectivity index (χ0v) is 7.59. The SMILES string of the molecule is CC(C)c1n[nH]c2[nH]c(=O)ccc12. The van der Waals surface area contributed by atoms with Gasteiger partial charge in [-0.2, -0.15) is 5.10 Å². The Bertz CT molecular complexity index is 481. The van der Waals surface area contributed by atoms with E-state index in [2.05, 4.69) is 29.0 Å². The van der Waals surface area contributed by atoms with E-state index in [0.29, 0.717) is 11.6 Å². The molecule has 68 valence electrons. The average Bonchev–Trinajstić information content (AvgIpc) is 2.46. The molecule has 0 aliphatic heterocycles. The molecule has 0 fully saturated rings. The molecule has 4 nitrogen and oxygen atoms in total. The number of nitrogens with zero attached hydrogens (tertiary/aromatic N) is 1. The fourth-order valence-electron chi connectivity index (χ4n) is 1.39. The third-order valence-electron chi connectivity index (χ3n) is 2.03. The van der Waals surface area contributed by atoms with Gasteiger partial charge < -0.3 is 4.98 Å². The minimum atomic E-state index is -0.105. The first kappa shape index (κ1) is 8.04. The first-order valence-electron chi connectivity index (χ1n) is 4.26. The Morgan fingerprint density at radius 3 is 2.85 bits per heavy atom. The molecule has 2 aromatic rings. The van der Waals surface area contributed by atoms with Crippen molar-refractivity contribution < 1.29 is 0 Å². The lowest BCUT2D eigenvalue weighted by atomic mass is 10.1. The molecule has 0 aromatic carbocycles. The van der Waals surface area contributed by atoms with Gasteiger partial charge in [0, 0.05) is 11.5 Å². The molecular weight excluding hydrogens is 166 g/mol. The number of hydrogen-bond acceptors (Lipinski definition) is 2. The largest absolute Gasteiger partial charge is 0.307 e. The summed E-state index contributed by atoms with van der Waals surface area (Å²) in [4.78, 5) is 13.7. The van der Waals surface area contributed by atoms with Crippen molar-refractivity contribution in [2.24, 2.45) is 0 Å². The van der Waals surface area contributed by atoms with E-state index in [4.69, 9.17) is 0 Å². The van der Waals surface area contributed by atoms with Gasteiger partial charge in [-0.3, -0.25) is 9.89 Å². The molecule has 0 amide bonds. The van der Waals surface area contributed by atoms with Crippen LogP contribution >= 0.6 is 0 Å². The van der Waals surface area contributed by atoms with Crippen molar-refractivity contribution in [2.75, 3.05) is 0 Å². The molecule has 13 heavy (non-hydrogen) atoms. The van der Waals surface area contributed by atoms with Crippen LogP contribution < -0.4 is 5.56 Å². The lowest BCUT2D eigenvalue weighted by Crippen LogP contribution is -2.02. The number of pyridine rings is 1. The fraction of sp³-hybridized carbons (Fsp3) is 0.333. The van der Waals surface area contributed by atoms with E-state index >= 15 is 0 Å². The van der Waals surface area contributed by atoms with Crippen molar-refractivity contribution in [2.45, 2.75) is 19.8 Å². The van der Waals surface area contributed by atoms with Gasteiger partial charge in [-0.15, -0.1) is 0 Å². The summed E-state index contributed by atoms with van der Waals surface area (Å²) in [6.45, 7) is 4.14. The third-order valence-corrected chi connectivity index (χ3v) is 2.03. The summed E-state index contributed by atoms with van der Waals surface area (Å²) in [5.74, 6) is 0.361. The molecule has 0 bridgehead atoms. The maximum absolute atomic E-state index is 11.0. The Kier molecular flexibility index (Phi) is 1.69. The molecule has 0 unspecified atom stereocenters. The average molecular weight is 177 g/mol. The minimum absolute atomic E-state index is 0.105. The van der Waals surface area contributed by atoms with Crippen LogP contribution in [0.25, 0.3) is 11.0 Å². The van der Waals surface area contributed by atoms with Crippen molar-refractivity contribution in [3.8, 4) is 0 Å². The molecule has 0 radical (unpaired) electrons. The second-order valence-corrected chi connectivity index (χ2v) is 3.37. The van der Waals surface area contributed by atoms with Gasteiger partial charge in [-0.05, 0) is 12.0 Å². The zero-order chi connectivity index (χ0) is 9.42. The van der Waals surface area contributed by atoms with Gasteiger partial charge in [0.2, 0.25) is 5.56 Å². The predicted octanol–water partition coefficient (Wildman–Crippen LogP) is 1.37. The number of fused-ring (bicyclic) bond motifs is 1. The minimum Gasteiger partial charge on any atom is -0.307 e. The summed E-state index contributed by atoms with van der Waals surface area (Å²) < 4.78 is 0. The summed E-state index contributed by atoms with van der Waals surface area (Å²) in [7, 11) is 0. The van der Waals surface area contributed by atoms with E-state index in [-0.39, 0.29) is 5.56 Å². The van der Waals surface area contributed by atoms with Gasteiger partial charge in [0.25, 0.3) is 0 Å². The molecule has 2 aromatic heterocycles. The molecule has 0 aliphatic rings. The van der Waals surface area contributed by atoms with Crippen LogP contribution in [0.5, 0.6) is 0 Å². The normalized spacial score (nSPS) is 11.3. The third kappa shape index (κ3) is 1.24. The molecular formula is C9H11N3O. The van der Waals surface area contributed by atoms with Gasteiger partial charge in [0.15, 0.2) is 0 Å². The summed E-state index contributed by atoms with van der Waals surface area (Å²) in [5, 5.41) is 7.94. The molecule has 0 saturated heterocycles. The van der Waals surface area contributed by atoms with E-state index in [9.17, 15) is 4.79 Å². The second-order valence-electron chi connectivity index (χ2n) is 3.37. The van der Waals surface area contributed by atoms with Crippen LogP contribution in [0.1, 0.15) is 25.5 Å². The summed E-state index contributed by atoms with van der Waals surface area (Å²) in [6, 6.07) is 3.32. The van der Waals surface area contributed by atoms with E-state index in [1.54, 1.807) is 6.07 Å². The van der Waals surface area contributed by atoms with Crippen molar-refractivity contribution in [3.05, 3.63) is 28.2 Å². The van der Waals surface area contributed by atoms with Crippen molar-refractivity contribution in [3.63, 3.8) is 0 Å². The number of hydrogen-bond donors (Lipinski definition) is 2. The van der Waals surface area contributed by atoms with E-state index in [0.717, 1.165) is 11.1 Å². The molecule has 4 heteroatoms. The molecule has 0 spiro atoms. The standard InChI is InChI=1S/C9H11N3O/c1-5(2)8-6-3-4-7(13)10-9(6)12-11-8/h3-5H,1-2H3,(H2,10,11,12,13). The van der Waals surface area contributed by atoms with Crippen LogP contribution in [0.4, 0.5) is 0 Å². The van der Waals surface area contributed by atoms with Crippen LogP contribution in [0, 0.1) is 0 Å². The van der Waals surface area contributed by atoms with Crippen LogP contribution in [0.15, 0.2) is 16.9 Å². The van der Waals surface area contributed by atoms with Crippen LogP contribution in [-0.2, 0) is 0 Å². The molecule has 2 N–H and O–H groups in total. The number of rotatable bonds is 1. The molecule has 0 aliphatic carbocycles. The first-order chi connectivity index (χ1) is 6.18. The topological polar surface area (TPSA) is 61.5 Å². The Hall–Kier alpha value is -1.58. The van der Waals surface area contributed by atoms with Crippen LogP contribution in [-0.4, -0.2) is 15.2 Å². The molecule has 0 atom stereocenters. The zero-order valence-electron chi connectivity index (χ0n) is 7.59. The quantitative estimate of drug-likeness (QED) is 0.691. The summed E-state index contributed by atoms with van der Waals surface area (Å²) in [5.41, 5.74) is 1.59. The number of aromatic nitrogens is 3. The van der Waals surface area contributed by atoms with Gasteiger partial charge in [0.05, 0.1) is 5.69 Å². The lowest BCUT2D eigenvalue weighted by molar-refractivity contribution is 0.817.